The van der Waals surface area contributed by atoms with Gasteiger partial charge < -0.3 is 19.7 Å². The normalized spacial score (nSPS) is 18.1. The molecule has 0 fully saturated rings. The van der Waals surface area contributed by atoms with E-state index in [2.05, 4.69) is 19.2 Å². The summed E-state index contributed by atoms with van der Waals surface area (Å²) in [6, 6.07) is 7.14. The van der Waals surface area contributed by atoms with Gasteiger partial charge in [-0.15, -0.1) is 0 Å². The molecule has 0 bridgehead atoms. The van der Waals surface area contributed by atoms with Crippen LogP contribution in [0.3, 0.4) is 0 Å². The van der Waals surface area contributed by atoms with Crippen molar-refractivity contribution in [1.82, 2.24) is 10.2 Å². The van der Waals surface area contributed by atoms with Crippen LogP contribution in [0.1, 0.15) is 59.6 Å². The van der Waals surface area contributed by atoms with Gasteiger partial charge in [-0.25, -0.2) is 9.79 Å². The summed E-state index contributed by atoms with van der Waals surface area (Å²) >= 11 is 1.46. The number of carbonyl (C=O) groups is 2. The highest BCUT2D eigenvalue weighted by molar-refractivity contribution is 8.16. The highest BCUT2D eigenvalue weighted by Gasteiger charge is 2.41. The lowest BCUT2D eigenvalue weighted by Crippen LogP contribution is -2.39. The number of fused-ring (bicyclic) bond motifs is 1. The fourth-order valence-electron chi connectivity index (χ4n) is 3.61. The van der Waals surface area contributed by atoms with Gasteiger partial charge in [0.2, 0.25) is 5.91 Å². The number of hydrogen-bond acceptors (Lipinski definition) is 7. The number of esters is 1. The molecule has 0 saturated carbocycles. The summed E-state index contributed by atoms with van der Waals surface area (Å²) < 4.78 is 11.1. The average Bonchev–Trinajstić information content (AvgIpc) is 3.12. The van der Waals surface area contributed by atoms with E-state index in [9.17, 15) is 9.59 Å². The zero-order valence-corrected chi connectivity index (χ0v) is 21.2. The Morgan fingerprint density at radius 2 is 1.88 bits per heavy atom. The topological polar surface area (TPSA) is 80.2 Å². The minimum absolute atomic E-state index is 0.0598. The van der Waals surface area contributed by atoms with Crippen LogP contribution in [0.4, 0.5) is 0 Å². The van der Waals surface area contributed by atoms with Crippen molar-refractivity contribution in [2.24, 2.45) is 10.9 Å². The molecule has 178 valence electrons. The van der Waals surface area contributed by atoms with Gasteiger partial charge in [-0.3, -0.25) is 4.79 Å². The first-order chi connectivity index (χ1) is 15.5. The number of nitrogens with one attached hydrogen (secondary N) is 1. The standard InChI is InChI=1S/C25H33N3O4S/c1-15(2)13-26-20(29)12-18-14-33-24-27-16(3)21(23(30)32-25(4,5)6)22(28(18)24)17-8-10-19(31-7)11-9-17/h8-11,14-15,22H,12-13H2,1-7H3,(H,26,29). The Kier molecular flexibility index (Phi) is 7.57. The first-order valence-corrected chi connectivity index (χ1v) is 12.0. The molecular formula is C25H33N3O4S. The molecule has 3 rings (SSSR count). The monoisotopic (exact) mass is 471 g/mol. The lowest BCUT2D eigenvalue weighted by atomic mass is 9.93. The Hall–Kier alpha value is -2.74. The maximum Gasteiger partial charge on any atom is 0.338 e. The summed E-state index contributed by atoms with van der Waals surface area (Å²) in [5, 5.41) is 5.66. The van der Waals surface area contributed by atoms with Gasteiger partial charge in [0.05, 0.1) is 30.8 Å². The number of carbonyl (C=O) groups excluding carboxylic acids is 2. The molecular weight excluding hydrogens is 438 g/mol. The number of ether oxygens (including phenoxy) is 2. The van der Waals surface area contributed by atoms with E-state index < -0.39 is 17.6 Å². The Labute approximate surface area is 200 Å². The average molecular weight is 472 g/mol. The highest BCUT2D eigenvalue weighted by atomic mass is 32.2. The van der Waals surface area contributed by atoms with Crippen molar-refractivity contribution < 1.29 is 19.1 Å². The van der Waals surface area contributed by atoms with Gasteiger partial charge in [-0.2, -0.15) is 0 Å². The lowest BCUT2D eigenvalue weighted by molar-refractivity contribution is -0.150. The maximum absolute atomic E-state index is 13.3. The molecule has 1 unspecified atom stereocenters. The Balaban J connectivity index is 2.00. The summed E-state index contributed by atoms with van der Waals surface area (Å²) in [5.41, 5.74) is 2.12. The van der Waals surface area contributed by atoms with Crippen molar-refractivity contribution in [3.8, 4) is 5.75 Å². The van der Waals surface area contributed by atoms with Gasteiger partial charge in [0.15, 0.2) is 5.17 Å². The Morgan fingerprint density at radius 1 is 1.21 bits per heavy atom. The smallest absolute Gasteiger partial charge is 0.338 e. The minimum Gasteiger partial charge on any atom is -0.497 e. The quantitative estimate of drug-likeness (QED) is 0.577. The number of aliphatic imine (C=N–C) groups is 1. The molecule has 33 heavy (non-hydrogen) atoms. The second kappa shape index (κ2) is 10.0. The molecule has 2 heterocycles. The fourth-order valence-corrected chi connectivity index (χ4v) is 4.57. The molecule has 0 radical (unpaired) electrons. The number of thioether (sulfide) groups is 1. The molecule has 1 amide bonds. The highest BCUT2D eigenvalue weighted by Crippen LogP contribution is 2.45. The fraction of sp³-hybridized carbons (Fsp3) is 0.480. The van der Waals surface area contributed by atoms with Crippen LogP contribution in [0, 0.1) is 5.92 Å². The van der Waals surface area contributed by atoms with Crippen molar-refractivity contribution in [3.63, 3.8) is 0 Å². The van der Waals surface area contributed by atoms with E-state index in [1.807, 2.05) is 62.3 Å². The molecule has 8 heteroatoms. The van der Waals surface area contributed by atoms with Crippen molar-refractivity contribution in [2.75, 3.05) is 13.7 Å². The molecule has 1 N–H and O–H groups in total. The predicted octanol–water partition coefficient (Wildman–Crippen LogP) is 4.77. The van der Waals surface area contributed by atoms with Crippen LogP contribution in [-0.4, -0.2) is 41.2 Å². The minimum atomic E-state index is -0.645. The van der Waals surface area contributed by atoms with Crippen LogP contribution in [0.2, 0.25) is 0 Å². The zero-order valence-electron chi connectivity index (χ0n) is 20.4. The maximum atomic E-state index is 13.3. The Morgan fingerprint density at radius 3 is 2.45 bits per heavy atom. The van der Waals surface area contributed by atoms with Gasteiger partial charge in [-0.1, -0.05) is 37.7 Å². The predicted molar refractivity (Wildman–Crippen MR) is 132 cm³/mol. The first-order valence-electron chi connectivity index (χ1n) is 11.1. The van der Waals surface area contributed by atoms with E-state index in [1.54, 1.807) is 7.11 Å². The number of rotatable bonds is 7. The van der Waals surface area contributed by atoms with E-state index in [0.29, 0.717) is 23.7 Å². The molecule has 7 nitrogen and oxygen atoms in total. The number of methoxy groups -OCH3 is 1. The molecule has 1 aromatic carbocycles. The second-order valence-electron chi connectivity index (χ2n) is 9.54. The second-order valence-corrected chi connectivity index (χ2v) is 10.4. The van der Waals surface area contributed by atoms with Crippen LogP contribution in [0.15, 0.2) is 51.6 Å². The number of nitrogens with zero attached hydrogens (tertiary/aromatic N) is 2. The van der Waals surface area contributed by atoms with E-state index >= 15 is 0 Å². The summed E-state index contributed by atoms with van der Waals surface area (Å²) in [7, 11) is 1.62. The largest absolute Gasteiger partial charge is 0.497 e. The van der Waals surface area contributed by atoms with E-state index in [4.69, 9.17) is 14.5 Å². The molecule has 2 aliphatic rings. The van der Waals surface area contributed by atoms with Crippen molar-refractivity contribution >= 4 is 28.8 Å². The third-order valence-corrected chi connectivity index (χ3v) is 5.99. The summed E-state index contributed by atoms with van der Waals surface area (Å²) in [6.07, 6.45) is 0.200. The molecule has 2 aliphatic heterocycles. The third kappa shape index (κ3) is 5.99. The molecule has 0 saturated heterocycles. The van der Waals surface area contributed by atoms with Crippen LogP contribution in [-0.2, 0) is 14.3 Å². The number of benzene rings is 1. The van der Waals surface area contributed by atoms with Gasteiger partial charge in [0.1, 0.15) is 11.4 Å². The molecule has 1 atom stereocenters. The molecule has 0 aliphatic carbocycles. The van der Waals surface area contributed by atoms with Gasteiger partial charge in [0.25, 0.3) is 0 Å². The lowest BCUT2D eigenvalue weighted by Gasteiger charge is -2.37. The van der Waals surface area contributed by atoms with Crippen molar-refractivity contribution in [3.05, 3.63) is 52.2 Å². The number of allylic oxidation sites excluding steroid dienone is 1. The van der Waals surface area contributed by atoms with Gasteiger partial charge >= 0.3 is 5.97 Å². The van der Waals surface area contributed by atoms with E-state index in [0.717, 1.165) is 22.2 Å². The molecule has 0 spiro atoms. The molecule has 0 aromatic heterocycles. The zero-order chi connectivity index (χ0) is 24.3. The van der Waals surface area contributed by atoms with E-state index in [-0.39, 0.29) is 12.3 Å². The third-order valence-electron chi connectivity index (χ3n) is 5.10. The summed E-state index contributed by atoms with van der Waals surface area (Å²) in [5.74, 6) is 0.617. The summed E-state index contributed by atoms with van der Waals surface area (Å²) in [6.45, 7) is 12.1. The number of amidine groups is 1. The first kappa shape index (κ1) is 24.9. The Bertz CT molecular complexity index is 1000. The van der Waals surface area contributed by atoms with Gasteiger partial charge in [0, 0.05) is 12.2 Å². The van der Waals surface area contributed by atoms with Crippen LogP contribution >= 0.6 is 11.8 Å². The van der Waals surface area contributed by atoms with Crippen LogP contribution in [0.25, 0.3) is 0 Å². The van der Waals surface area contributed by atoms with Crippen LogP contribution < -0.4 is 10.1 Å². The van der Waals surface area contributed by atoms with E-state index in [1.165, 1.54) is 11.8 Å². The van der Waals surface area contributed by atoms with Gasteiger partial charge in [-0.05, 0) is 56.7 Å². The summed E-state index contributed by atoms with van der Waals surface area (Å²) in [4.78, 5) is 32.6. The van der Waals surface area contributed by atoms with Crippen LogP contribution in [0.5, 0.6) is 5.75 Å². The SMILES string of the molecule is COc1ccc(C2C(C(=O)OC(C)(C)C)=C(C)N=C3SC=C(CC(=O)NCC(C)C)N32)cc1. The van der Waals surface area contributed by atoms with Crippen molar-refractivity contribution in [1.29, 1.82) is 0 Å². The number of amides is 1. The van der Waals surface area contributed by atoms with Crippen molar-refractivity contribution in [2.45, 2.75) is 59.6 Å². The number of hydrogen-bond donors (Lipinski definition) is 1. The molecule has 1 aromatic rings.